The van der Waals surface area contributed by atoms with Gasteiger partial charge in [-0.25, -0.2) is 0 Å². The molecule has 0 aliphatic heterocycles. The van der Waals surface area contributed by atoms with Gasteiger partial charge >= 0.3 is 0 Å². The van der Waals surface area contributed by atoms with E-state index >= 15 is 0 Å². The highest BCUT2D eigenvalue weighted by Gasteiger charge is 2.11. The van der Waals surface area contributed by atoms with E-state index in [1.54, 1.807) is 18.2 Å². The summed E-state index contributed by atoms with van der Waals surface area (Å²) in [5.41, 5.74) is 7.45. The lowest BCUT2D eigenvalue weighted by atomic mass is 10.0. The quantitative estimate of drug-likeness (QED) is 0.733. The molecule has 0 atom stereocenters. The Morgan fingerprint density at radius 1 is 1.05 bits per heavy atom. The molecule has 3 aromatic rings. The van der Waals surface area contributed by atoms with E-state index in [1.807, 2.05) is 12.1 Å². The molecule has 0 bridgehead atoms. The fourth-order valence-corrected chi connectivity index (χ4v) is 2.38. The predicted molar refractivity (Wildman–Crippen MR) is 82.6 cm³/mol. The molecule has 0 radical (unpaired) electrons. The highest BCUT2D eigenvalue weighted by Crippen LogP contribution is 2.23. The highest BCUT2D eigenvalue weighted by atomic mass is 16.3. The zero-order valence-corrected chi connectivity index (χ0v) is 11.8. The third-order valence-corrected chi connectivity index (χ3v) is 3.65. The number of nitrogens with two attached hydrogens (primary N) is 1. The van der Waals surface area contributed by atoms with E-state index < -0.39 is 5.91 Å². The summed E-state index contributed by atoms with van der Waals surface area (Å²) in [5.74, 6) is -0.212. The van der Waals surface area contributed by atoms with E-state index in [9.17, 15) is 9.59 Å². The minimum atomic E-state index is -0.546. The molecule has 1 aromatic heterocycles. The summed E-state index contributed by atoms with van der Waals surface area (Å²) in [7, 11) is 0. The van der Waals surface area contributed by atoms with Crippen LogP contribution in [0.2, 0.25) is 0 Å². The van der Waals surface area contributed by atoms with Crippen LogP contribution in [0, 0.1) is 0 Å². The molecule has 21 heavy (non-hydrogen) atoms. The maximum absolute atomic E-state index is 12.6. The molecule has 2 aromatic carbocycles. The Morgan fingerprint density at radius 3 is 2.48 bits per heavy atom. The number of hydrogen-bond acceptors (Lipinski definition) is 3. The van der Waals surface area contributed by atoms with E-state index in [-0.39, 0.29) is 5.43 Å². The van der Waals surface area contributed by atoms with E-state index in [0.717, 1.165) is 5.56 Å². The normalized spacial score (nSPS) is 11.4. The van der Waals surface area contributed by atoms with Gasteiger partial charge in [-0.2, -0.15) is 0 Å². The van der Waals surface area contributed by atoms with Crippen molar-refractivity contribution in [1.82, 2.24) is 0 Å². The second-order valence-electron chi connectivity index (χ2n) is 5.42. The van der Waals surface area contributed by atoms with Gasteiger partial charge in [-0.15, -0.1) is 0 Å². The Morgan fingerprint density at radius 2 is 1.81 bits per heavy atom. The summed E-state index contributed by atoms with van der Waals surface area (Å²) >= 11 is 0. The summed E-state index contributed by atoms with van der Waals surface area (Å²) in [6, 6.07) is 10.2. The van der Waals surface area contributed by atoms with Crippen LogP contribution < -0.4 is 11.2 Å². The van der Waals surface area contributed by atoms with Crippen LogP contribution in [-0.4, -0.2) is 5.91 Å². The van der Waals surface area contributed by atoms with E-state index in [1.165, 1.54) is 6.07 Å². The van der Waals surface area contributed by atoms with Crippen molar-refractivity contribution in [2.45, 2.75) is 19.8 Å². The standard InChI is InChI=1S/C17H15NO3/c1-9(2)10-4-6-14-13(7-10)16(19)12-5-3-11(17(18)20)8-15(12)21-14/h3-9H,1-2H3,(H2,18,20). The molecule has 3 rings (SSSR count). The van der Waals surface area contributed by atoms with Gasteiger partial charge in [0.05, 0.1) is 10.8 Å². The third kappa shape index (κ3) is 2.18. The lowest BCUT2D eigenvalue weighted by molar-refractivity contribution is 0.100. The van der Waals surface area contributed by atoms with Crippen molar-refractivity contribution in [3.63, 3.8) is 0 Å². The Bertz CT molecular complexity index is 922. The molecule has 1 amide bonds. The molecule has 106 valence electrons. The first kappa shape index (κ1) is 13.4. The second-order valence-corrected chi connectivity index (χ2v) is 5.42. The van der Waals surface area contributed by atoms with Crippen LogP contribution in [-0.2, 0) is 0 Å². The number of fused-ring (bicyclic) bond motifs is 2. The van der Waals surface area contributed by atoms with Gasteiger partial charge in [-0.3, -0.25) is 9.59 Å². The number of primary amides is 1. The maximum atomic E-state index is 12.6. The van der Waals surface area contributed by atoms with Crippen LogP contribution >= 0.6 is 0 Å². The van der Waals surface area contributed by atoms with Crippen LogP contribution in [0.15, 0.2) is 45.6 Å². The van der Waals surface area contributed by atoms with Crippen LogP contribution in [0.3, 0.4) is 0 Å². The number of amides is 1. The average molecular weight is 281 g/mol. The molecule has 0 fully saturated rings. The maximum Gasteiger partial charge on any atom is 0.248 e. The van der Waals surface area contributed by atoms with Crippen molar-refractivity contribution in [2.24, 2.45) is 5.73 Å². The number of hydrogen-bond donors (Lipinski definition) is 1. The van der Waals surface area contributed by atoms with Crippen LogP contribution in [0.4, 0.5) is 0 Å². The van der Waals surface area contributed by atoms with Crippen LogP contribution in [0.5, 0.6) is 0 Å². The van der Waals surface area contributed by atoms with Crippen molar-refractivity contribution >= 4 is 27.8 Å². The largest absolute Gasteiger partial charge is 0.456 e. The molecular weight excluding hydrogens is 266 g/mol. The Kier molecular flexibility index (Phi) is 3.01. The molecule has 0 aliphatic rings. The Hall–Kier alpha value is -2.62. The van der Waals surface area contributed by atoms with Gasteiger partial charge in [0.25, 0.3) is 0 Å². The first-order valence-corrected chi connectivity index (χ1v) is 6.77. The molecule has 0 saturated carbocycles. The summed E-state index contributed by atoms with van der Waals surface area (Å²) in [4.78, 5) is 23.8. The third-order valence-electron chi connectivity index (χ3n) is 3.65. The first-order chi connectivity index (χ1) is 9.97. The van der Waals surface area contributed by atoms with E-state index in [0.29, 0.717) is 33.4 Å². The minimum Gasteiger partial charge on any atom is -0.456 e. The van der Waals surface area contributed by atoms with E-state index in [4.69, 9.17) is 10.2 Å². The summed E-state index contributed by atoms with van der Waals surface area (Å²) < 4.78 is 5.74. The molecule has 2 N–H and O–H groups in total. The topological polar surface area (TPSA) is 73.3 Å². The van der Waals surface area contributed by atoms with Gasteiger partial charge < -0.3 is 10.2 Å². The van der Waals surface area contributed by atoms with Crippen molar-refractivity contribution in [1.29, 1.82) is 0 Å². The number of carbonyl (C=O) groups is 1. The van der Waals surface area contributed by atoms with Crippen LogP contribution in [0.25, 0.3) is 21.9 Å². The lowest BCUT2D eigenvalue weighted by Crippen LogP contribution is -2.11. The van der Waals surface area contributed by atoms with Gasteiger partial charge in [0.1, 0.15) is 11.2 Å². The molecule has 0 unspecified atom stereocenters. The molecule has 4 nitrogen and oxygen atoms in total. The van der Waals surface area contributed by atoms with Gasteiger partial charge in [0, 0.05) is 5.56 Å². The van der Waals surface area contributed by atoms with Crippen molar-refractivity contribution in [3.05, 3.63) is 57.7 Å². The van der Waals surface area contributed by atoms with Crippen LogP contribution in [0.1, 0.15) is 35.7 Å². The smallest absolute Gasteiger partial charge is 0.248 e. The van der Waals surface area contributed by atoms with Gasteiger partial charge in [0.15, 0.2) is 0 Å². The van der Waals surface area contributed by atoms with Gasteiger partial charge in [-0.1, -0.05) is 19.9 Å². The lowest BCUT2D eigenvalue weighted by Gasteiger charge is -2.07. The Balaban J connectivity index is 2.37. The predicted octanol–water partition coefficient (Wildman–Crippen LogP) is 3.17. The fraction of sp³-hybridized carbons (Fsp3) is 0.176. The van der Waals surface area contributed by atoms with Gasteiger partial charge in [-0.05, 0) is 41.8 Å². The second kappa shape index (κ2) is 4.74. The minimum absolute atomic E-state index is 0.0928. The van der Waals surface area contributed by atoms with E-state index in [2.05, 4.69) is 13.8 Å². The molecule has 0 aliphatic carbocycles. The van der Waals surface area contributed by atoms with Crippen molar-refractivity contribution in [3.8, 4) is 0 Å². The zero-order chi connectivity index (χ0) is 15.1. The van der Waals surface area contributed by atoms with Crippen molar-refractivity contribution in [2.75, 3.05) is 0 Å². The highest BCUT2D eigenvalue weighted by molar-refractivity contribution is 5.98. The number of carbonyl (C=O) groups excluding carboxylic acids is 1. The van der Waals surface area contributed by atoms with Gasteiger partial charge in [0.2, 0.25) is 11.3 Å². The Labute approximate surface area is 121 Å². The van der Waals surface area contributed by atoms with Crippen molar-refractivity contribution < 1.29 is 9.21 Å². The number of rotatable bonds is 2. The number of benzene rings is 2. The summed E-state index contributed by atoms with van der Waals surface area (Å²) in [6.45, 7) is 4.14. The zero-order valence-electron chi connectivity index (χ0n) is 11.8. The molecular formula is C17H15NO3. The molecule has 0 saturated heterocycles. The molecule has 1 heterocycles. The molecule has 0 spiro atoms. The monoisotopic (exact) mass is 281 g/mol. The summed E-state index contributed by atoms with van der Waals surface area (Å²) in [6.07, 6.45) is 0. The molecule has 4 heteroatoms. The fourth-order valence-electron chi connectivity index (χ4n) is 2.38. The first-order valence-electron chi connectivity index (χ1n) is 6.77. The summed E-state index contributed by atoms with van der Waals surface area (Å²) in [5, 5.41) is 1.01. The average Bonchev–Trinajstić information content (AvgIpc) is 2.46. The SMILES string of the molecule is CC(C)c1ccc2oc3cc(C(N)=O)ccc3c(=O)c2c1.